The molecule has 1 aliphatic heterocycles. The summed E-state index contributed by atoms with van der Waals surface area (Å²) < 4.78 is 10.8. The Morgan fingerprint density at radius 3 is 2.45 bits per heavy atom. The molecule has 0 atom stereocenters. The van der Waals surface area contributed by atoms with Crippen LogP contribution in [0.3, 0.4) is 0 Å². The molecule has 0 saturated carbocycles. The van der Waals surface area contributed by atoms with Crippen LogP contribution in [0.15, 0.2) is 0 Å². The summed E-state index contributed by atoms with van der Waals surface area (Å²) in [4.78, 5) is 0. The van der Waals surface area contributed by atoms with Gasteiger partial charge in [0.05, 0.1) is 13.2 Å². The van der Waals surface area contributed by atoms with Crippen molar-refractivity contribution >= 4 is 0 Å². The molecule has 1 heterocycles. The molecule has 1 fully saturated rings. The molecular weight excluding hydrogens is 140 g/mol. The van der Waals surface area contributed by atoms with E-state index in [1.807, 2.05) is 6.92 Å². The summed E-state index contributed by atoms with van der Waals surface area (Å²) in [6.45, 7) is 5.46. The Hall–Kier alpha value is -0.520. The van der Waals surface area contributed by atoms with E-state index in [-0.39, 0.29) is 0 Å². The lowest BCUT2D eigenvalue weighted by molar-refractivity contribution is -0.246. The third kappa shape index (κ3) is 1.74. The van der Waals surface area contributed by atoms with Crippen LogP contribution in [0.1, 0.15) is 20.3 Å². The molecule has 1 aliphatic rings. The molecule has 0 spiro atoms. The van der Waals surface area contributed by atoms with Crippen LogP contribution in [0.5, 0.6) is 0 Å². The third-order valence-corrected chi connectivity index (χ3v) is 1.89. The Morgan fingerprint density at radius 1 is 1.55 bits per heavy atom. The first-order valence-corrected chi connectivity index (χ1v) is 3.98. The van der Waals surface area contributed by atoms with Gasteiger partial charge in [-0.05, 0) is 5.92 Å². The zero-order chi connectivity index (χ0) is 8.32. The smallest absolute Gasteiger partial charge is 0.233 e. The predicted molar refractivity (Wildman–Crippen MR) is 42.9 cm³/mol. The number of rotatable bonds is 1. The molecule has 0 N–H and O–H groups in total. The van der Waals surface area contributed by atoms with E-state index < -0.39 is 5.79 Å². The lowest BCUT2D eigenvalue weighted by Gasteiger charge is -2.34. The first kappa shape index (κ1) is 8.58. The highest BCUT2D eigenvalue weighted by molar-refractivity contribution is 5.02. The molecule has 2 heteroatoms. The number of ether oxygens (including phenoxy) is 2. The van der Waals surface area contributed by atoms with Gasteiger partial charge < -0.3 is 9.47 Å². The van der Waals surface area contributed by atoms with Crippen molar-refractivity contribution in [2.24, 2.45) is 5.92 Å². The van der Waals surface area contributed by atoms with E-state index in [9.17, 15) is 0 Å². The van der Waals surface area contributed by atoms with Gasteiger partial charge in [-0.25, -0.2) is 0 Å². The monoisotopic (exact) mass is 154 g/mol. The lowest BCUT2D eigenvalue weighted by Crippen LogP contribution is -2.41. The molecule has 0 aromatic rings. The first-order chi connectivity index (χ1) is 5.22. The van der Waals surface area contributed by atoms with E-state index in [4.69, 9.17) is 15.9 Å². The molecule has 1 rings (SSSR count). The molecule has 0 bridgehead atoms. The molecule has 2 nitrogen and oxygen atoms in total. The van der Waals surface area contributed by atoms with Gasteiger partial charge >= 0.3 is 0 Å². The average Bonchev–Trinajstić information content (AvgIpc) is 2.07. The van der Waals surface area contributed by atoms with Crippen molar-refractivity contribution in [3.05, 3.63) is 0 Å². The van der Waals surface area contributed by atoms with Gasteiger partial charge in [0.15, 0.2) is 0 Å². The summed E-state index contributed by atoms with van der Waals surface area (Å²) in [6, 6.07) is 0. The predicted octanol–water partition coefficient (Wildman–Crippen LogP) is 1.41. The van der Waals surface area contributed by atoms with Gasteiger partial charge in [0, 0.05) is 12.3 Å². The molecule has 11 heavy (non-hydrogen) atoms. The summed E-state index contributed by atoms with van der Waals surface area (Å²) in [6.07, 6.45) is 6.01. The Labute approximate surface area is 67.9 Å². The topological polar surface area (TPSA) is 18.5 Å². The van der Waals surface area contributed by atoms with Gasteiger partial charge in [0.1, 0.15) is 0 Å². The summed E-state index contributed by atoms with van der Waals surface area (Å²) in [5.41, 5.74) is 0. The number of terminal acetylenes is 1. The largest absolute Gasteiger partial charge is 0.339 e. The minimum absolute atomic E-state index is 0.461. The Balaban J connectivity index is 2.54. The van der Waals surface area contributed by atoms with Crippen molar-refractivity contribution in [2.75, 3.05) is 13.2 Å². The SMILES string of the molecule is C#CC1(CC)OCC(C)CO1. The average molecular weight is 154 g/mol. The number of hydrogen-bond donors (Lipinski definition) is 0. The van der Waals surface area contributed by atoms with Crippen molar-refractivity contribution in [3.63, 3.8) is 0 Å². The highest BCUT2D eigenvalue weighted by Crippen LogP contribution is 2.23. The van der Waals surface area contributed by atoms with Gasteiger partial charge in [-0.1, -0.05) is 13.8 Å². The van der Waals surface area contributed by atoms with E-state index in [2.05, 4.69) is 12.8 Å². The van der Waals surface area contributed by atoms with Crippen molar-refractivity contribution in [3.8, 4) is 12.3 Å². The van der Waals surface area contributed by atoms with Gasteiger partial charge in [0.2, 0.25) is 5.79 Å². The second kappa shape index (κ2) is 3.25. The van der Waals surface area contributed by atoms with Gasteiger partial charge in [-0.3, -0.25) is 0 Å². The van der Waals surface area contributed by atoms with E-state index in [1.165, 1.54) is 0 Å². The highest BCUT2D eigenvalue weighted by Gasteiger charge is 2.32. The van der Waals surface area contributed by atoms with Gasteiger partial charge in [-0.15, -0.1) is 6.42 Å². The summed E-state index contributed by atoms with van der Waals surface area (Å²) in [5, 5.41) is 0. The second-order valence-corrected chi connectivity index (χ2v) is 2.98. The third-order valence-electron chi connectivity index (χ3n) is 1.89. The fourth-order valence-corrected chi connectivity index (χ4v) is 1.03. The van der Waals surface area contributed by atoms with Gasteiger partial charge in [0.25, 0.3) is 0 Å². The fraction of sp³-hybridized carbons (Fsp3) is 0.778. The van der Waals surface area contributed by atoms with Crippen LogP contribution in [0, 0.1) is 18.3 Å². The minimum atomic E-state index is -0.730. The highest BCUT2D eigenvalue weighted by atomic mass is 16.7. The van der Waals surface area contributed by atoms with Crippen LogP contribution in [0.4, 0.5) is 0 Å². The van der Waals surface area contributed by atoms with E-state index in [0.717, 1.165) is 6.42 Å². The molecule has 0 amide bonds. The lowest BCUT2D eigenvalue weighted by atomic mass is 10.1. The molecule has 0 radical (unpaired) electrons. The van der Waals surface area contributed by atoms with Crippen molar-refractivity contribution in [1.82, 2.24) is 0 Å². The van der Waals surface area contributed by atoms with Gasteiger partial charge in [-0.2, -0.15) is 0 Å². The molecule has 0 unspecified atom stereocenters. The molecule has 62 valence electrons. The van der Waals surface area contributed by atoms with E-state index in [1.54, 1.807) is 0 Å². The second-order valence-electron chi connectivity index (χ2n) is 2.98. The maximum absolute atomic E-state index is 5.42. The Bertz CT molecular complexity index is 161. The zero-order valence-corrected chi connectivity index (χ0v) is 7.09. The molecular formula is C9H14O2. The van der Waals surface area contributed by atoms with Crippen LogP contribution >= 0.6 is 0 Å². The number of hydrogen-bond acceptors (Lipinski definition) is 2. The van der Waals surface area contributed by atoms with E-state index >= 15 is 0 Å². The van der Waals surface area contributed by atoms with Crippen LogP contribution in [-0.4, -0.2) is 19.0 Å². The quantitative estimate of drug-likeness (QED) is 0.532. The molecule has 0 aromatic heterocycles. The molecule has 0 aliphatic carbocycles. The standard InChI is InChI=1S/C9H14O2/c1-4-9(5-2)10-6-8(3)7-11-9/h1,8H,5-7H2,2-3H3. The van der Waals surface area contributed by atoms with Crippen molar-refractivity contribution in [2.45, 2.75) is 26.1 Å². The molecule has 1 saturated heterocycles. The van der Waals surface area contributed by atoms with Crippen molar-refractivity contribution in [1.29, 1.82) is 0 Å². The zero-order valence-electron chi connectivity index (χ0n) is 7.09. The maximum Gasteiger partial charge on any atom is 0.233 e. The first-order valence-electron chi connectivity index (χ1n) is 3.98. The Kier molecular flexibility index (Phi) is 2.53. The summed E-state index contributed by atoms with van der Waals surface area (Å²) >= 11 is 0. The van der Waals surface area contributed by atoms with Crippen LogP contribution in [0.2, 0.25) is 0 Å². The minimum Gasteiger partial charge on any atom is -0.339 e. The van der Waals surface area contributed by atoms with Crippen LogP contribution < -0.4 is 0 Å². The van der Waals surface area contributed by atoms with Crippen LogP contribution in [0.25, 0.3) is 0 Å². The normalized spacial score (nSPS) is 38.1. The molecule has 0 aromatic carbocycles. The summed E-state index contributed by atoms with van der Waals surface area (Å²) in [5.74, 6) is 2.27. The fourth-order valence-electron chi connectivity index (χ4n) is 1.03. The Morgan fingerprint density at radius 2 is 2.09 bits per heavy atom. The van der Waals surface area contributed by atoms with E-state index in [0.29, 0.717) is 19.1 Å². The maximum atomic E-state index is 5.42. The van der Waals surface area contributed by atoms with Crippen LogP contribution in [-0.2, 0) is 9.47 Å². The van der Waals surface area contributed by atoms with Crippen molar-refractivity contribution < 1.29 is 9.47 Å². The summed E-state index contributed by atoms with van der Waals surface area (Å²) in [7, 11) is 0.